The lowest BCUT2D eigenvalue weighted by Crippen LogP contribution is -2.46. The topological polar surface area (TPSA) is 66.4 Å². The molecule has 0 aliphatic heterocycles. The van der Waals surface area contributed by atoms with Crippen molar-refractivity contribution in [3.63, 3.8) is 0 Å². The van der Waals surface area contributed by atoms with Crippen LogP contribution in [0.3, 0.4) is 0 Å². The number of amides is 1. The summed E-state index contributed by atoms with van der Waals surface area (Å²) in [4.78, 5) is 23.4. The van der Waals surface area contributed by atoms with Gasteiger partial charge in [0, 0.05) is 11.5 Å². The van der Waals surface area contributed by atoms with E-state index in [-0.39, 0.29) is 11.8 Å². The monoisotopic (exact) mass is 327 g/mol. The van der Waals surface area contributed by atoms with Crippen molar-refractivity contribution in [1.82, 2.24) is 5.32 Å². The molecule has 0 aromatic heterocycles. The number of nitrogens with one attached hydrogen (secondary N) is 1. The van der Waals surface area contributed by atoms with Crippen LogP contribution < -0.4 is 5.32 Å². The molecule has 6 heteroatoms. The molecular weight excluding hydrogens is 306 g/mol. The quantitative estimate of drug-likeness (QED) is 0.608. The van der Waals surface area contributed by atoms with Gasteiger partial charge in [-0.3, -0.25) is 4.79 Å². The van der Waals surface area contributed by atoms with E-state index in [0.29, 0.717) is 17.9 Å². The summed E-state index contributed by atoms with van der Waals surface area (Å²) in [5.41, 5.74) is 1.04. The normalized spacial score (nSPS) is 13.4. The number of hydrogen-bond acceptors (Lipinski definition) is 4. The number of carbonyl (C=O) groups excluding carboxylic acids is 1. The molecule has 0 aliphatic carbocycles. The maximum Gasteiger partial charge on any atom is 0.327 e. The van der Waals surface area contributed by atoms with E-state index in [0.717, 1.165) is 11.3 Å². The van der Waals surface area contributed by atoms with E-state index in [1.54, 1.807) is 0 Å². The Balaban J connectivity index is 2.62. The minimum Gasteiger partial charge on any atom is -0.480 e. The number of aliphatic carboxylic acids is 1. The van der Waals surface area contributed by atoms with Crippen LogP contribution in [0.15, 0.2) is 30.3 Å². The molecule has 0 spiro atoms. The summed E-state index contributed by atoms with van der Waals surface area (Å²) in [5, 5.41) is 11.8. The van der Waals surface area contributed by atoms with Gasteiger partial charge in [-0.05, 0) is 17.7 Å². The highest BCUT2D eigenvalue weighted by atomic mass is 32.2. The van der Waals surface area contributed by atoms with Gasteiger partial charge in [0.05, 0.1) is 5.92 Å². The second-order valence-corrected chi connectivity index (χ2v) is 6.31. The zero-order chi connectivity index (χ0) is 15.7. The first-order valence-electron chi connectivity index (χ1n) is 6.84. The minimum atomic E-state index is -0.998. The summed E-state index contributed by atoms with van der Waals surface area (Å²) in [5.74, 6) is -0.000327. The molecule has 2 atom stereocenters. The summed E-state index contributed by atoms with van der Waals surface area (Å²) in [7, 11) is 0. The third-order valence-electron chi connectivity index (χ3n) is 3.02. The molecule has 0 bridgehead atoms. The van der Waals surface area contributed by atoms with Crippen molar-refractivity contribution in [2.45, 2.75) is 19.4 Å². The van der Waals surface area contributed by atoms with Gasteiger partial charge in [-0.1, -0.05) is 37.3 Å². The van der Waals surface area contributed by atoms with Crippen LogP contribution >= 0.6 is 24.4 Å². The van der Waals surface area contributed by atoms with Crippen LogP contribution in [-0.4, -0.2) is 40.3 Å². The molecule has 0 saturated carbocycles. The van der Waals surface area contributed by atoms with Gasteiger partial charge < -0.3 is 10.4 Å². The van der Waals surface area contributed by atoms with Crippen molar-refractivity contribution in [1.29, 1.82) is 0 Å². The molecule has 1 amide bonds. The highest BCUT2D eigenvalue weighted by Crippen LogP contribution is 2.12. The Morgan fingerprint density at radius 1 is 1.33 bits per heavy atom. The molecule has 0 radical (unpaired) electrons. The molecule has 116 valence electrons. The van der Waals surface area contributed by atoms with Gasteiger partial charge in [-0.15, -0.1) is 0 Å². The zero-order valence-electron chi connectivity index (χ0n) is 12.0. The standard InChI is InChI=1S/C15H21NO3S2/c1-2-21-10-13(15(18)19)16-14(17)12(9-20)8-11-6-4-3-5-7-11/h3-7,12-13,20H,2,8-10H2,1H3,(H,16,17)(H,18,19)/t12-,13-/m0/s1. The molecule has 1 rings (SSSR count). The molecule has 2 N–H and O–H groups in total. The summed E-state index contributed by atoms with van der Waals surface area (Å²) >= 11 is 5.71. The lowest BCUT2D eigenvalue weighted by atomic mass is 10.00. The van der Waals surface area contributed by atoms with E-state index in [2.05, 4.69) is 17.9 Å². The maximum absolute atomic E-state index is 12.2. The van der Waals surface area contributed by atoms with Gasteiger partial charge >= 0.3 is 5.97 Å². The van der Waals surface area contributed by atoms with Gasteiger partial charge in [0.15, 0.2) is 0 Å². The predicted molar refractivity (Wildman–Crippen MR) is 90.1 cm³/mol. The van der Waals surface area contributed by atoms with E-state index in [9.17, 15) is 9.59 Å². The van der Waals surface area contributed by atoms with Crippen LogP contribution in [-0.2, 0) is 16.0 Å². The van der Waals surface area contributed by atoms with E-state index in [1.807, 2.05) is 37.3 Å². The molecule has 21 heavy (non-hydrogen) atoms. The number of hydrogen-bond donors (Lipinski definition) is 3. The number of benzene rings is 1. The third-order valence-corrected chi connectivity index (χ3v) is 4.44. The van der Waals surface area contributed by atoms with Crippen LogP contribution in [0.4, 0.5) is 0 Å². The fourth-order valence-corrected chi connectivity index (χ4v) is 2.83. The lowest BCUT2D eigenvalue weighted by molar-refractivity contribution is -0.141. The van der Waals surface area contributed by atoms with Gasteiger partial charge in [0.1, 0.15) is 6.04 Å². The molecule has 1 aromatic carbocycles. The average molecular weight is 327 g/mol. The predicted octanol–water partition coefficient (Wildman–Crippen LogP) is 2.10. The largest absolute Gasteiger partial charge is 0.480 e. The molecule has 0 saturated heterocycles. The van der Waals surface area contributed by atoms with Crippen LogP contribution in [0.5, 0.6) is 0 Å². The second-order valence-electron chi connectivity index (χ2n) is 4.63. The third kappa shape index (κ3) is 6.44. The summed E-state index contributed by atoms with van der Waals surface area (Å²) in [6.07, 6.45) is 0.559. The highest BCUT2D eigenvalue weighted by Gasteiger charge is 2.24. The number of carboxylic acid groups (broad SMARTS) is 1. The van der Waals surface area contributed by atoms with Crippen LogP contribution in [0.1, 0.15) is 12.5 Å². The molecule has 0 unspecified atom stereocenters. The van der Waals surface area contributed by atoms with Crippen molar-refractivity contribution >= 4 is 36.3 Å². The Hall–Kier alpha value is -1.14. The summed E-state index contributed by atoms with van der Waals surface area (Å²) < 4.78 is 0. The van der Waals surface area contributed by atoms with Gasteiger partial charge in [0.2, 0.25) is 5.91 Å². The first kappa shape index (κ1) is 17.9. The van der Waals surface area contributed by atoms with Crippen molar-refractivity contribution in [2.75, 3.05) is 17.3 Å². The Bertz CT molecular complexity index is 453. The molecule has 1 aromatic rings. The first-order valence-corrected chi connectivity index (χ1v) is 8.62. The summed E-state index contributed by atoms with van der Waals surface area (Å²) in [6.45, 7) is 1.96. The van der Waals surface area contributed by atoms with E-state index in [1.165, 1.54) is 11.8 Å². The average Bonchev–Trinajstić information content (AvgIpc) is 2.49. The number of rotatable bonds is 9. The van der Waals surface area contributed by atoms with Crippen molar-refractivity contribution < 1.29 is 14.7 Å². The number of thioether (sulfide) groups is 1. The van der Waals surface area contributed by atoms with E-state index in [4.69, 9.17) is 5.11 Å². The van der Waals surface area contributed by atoms with E-state index >= 15 is 0 Å². The second kappa shape index (κ2) is 9.73. The molecule has 0 aliphatic rings. The van der Waals surface area contributed by atoms with Gasteiger partial charge in [-0.2, -0.15) is 24.4 Å². The summed E-state index contributed by atoms with van der Waals surface area (Å²) in [6, 6.07) is 8.81. The SMILES string of the molecule is CCSC[C@H](NC(=O)[C@H](CS)Cc1ccccc1)C(=O)O. The zero-order valence-corrected chi connectivity index (χ0v) is 13.7. The first-order chi connectivity index (χ1) is 10.1. The van der Waals surface area contributed by atoms with Crippen molar-refractivity contribution in [3.8, 4) is 0 Å². The van der Waals surface area contributed by atoms with E-state index < -0.39 is 12.0 Å². The van der Waals surface area contributed by atoms with Crippen molar-refractivity contribution in [2.24, 2.45) is 5.92 Å². The molecular formula is C15H21NO3S2. The fraction of sp³-hybridized carbons (Fsp3) is 0.467. The molecule has 0 heterocycles. The molecule has 4 nitrogen and oxygen atoms in total. The maximum atomic E-state index is 12.2. The van der Waals surface area contributed by atoms with Crippen LogP contribution in [0.2, 0.25) is 0 Å². The minimum absolute atomic E-state index is 0.252. The van der Waals surface area contributed by atoms with Gasteiger partial charge in [0.25, 0.3) is 0 Å². The van der Waals surface area contributed by atoms with Gasteiger partial charge in [-0.25, -0.2) is 4.79 Å². The van der Waals surface area contributed by atoms with Crippen LogP contribution in [0, 0.1) is 5.92 Å². The van der Waals surface area contributed by atoms with Crippen LogP contribution in [0.25, 0.3) is 0 Å². The Kier molecular flexibility index (Phi) is 8.30. The lowest BCUT2D eigenvalue weighted by Gasteiger charge is -2.19. The highest BCUT2D eigenvalue weighted by molar-refractivity contribution is 7.99. The van der Waals surface area contributed by atoms with Crippen molar-refractivity contribution in [3.05, 3.63) is 35.9 Å². The fourth-order valence-electron chi connectivity index (χ4n) is 1.84. The number of carboxylic acids is 1. The Labute approximate surface area is 135 Å². The Morgan fingerprint density at radius 2 is 2.00 bits per heavy atom. The molecule has 0 fully saturated rings. The Morgan fingerprint density at radius 3 is 2.52 bits per heavy atom. The number of carbonyl (C=O) groups is 2. The smallest absolute Gasteiger partial charge is 0.327 e. The number of thiol groups is 1.